The van der Waals surface area contributed by atoms with Gasteiger partial charge in [-0.3, -0.25) is 29.7 Å². The van der Waals surface area contributed by atoms with Crippen molar-refractivity contribution in [2.75, 3.05) is 0 Å². The number of nitrogens with two attached hydrogens (primary N) is 1. The van der Waals surface area contributed by atoms with Crippen LogP contribution in [-0.2, 0) is 4.79 Å². The van der Waals surface area contributed by atoms with Crippen molar-refractivity contribution in [3.63, 3.8) is 0 Å². The van der Waals surface area contributed by atoms with Gasteiger partial charge >= 0.3 is 0 Å². The van der Waals surface area contributed by atoms with Gasteiger partial charge < -0.3 is 0 Å². The van der Waals surface area contributed by atoms with Crippen molar-refractivity contribution in [2.24, 2.45) is 5.84 Å². The lowest BCUT2D eigenvalue weighted by Crippen LogP contribution is -2.39. The summed E-state index contributed by atoms with van der Waals surface area (Å²) in [6.07, 6.45) is 1.04. The Morgan fingerprint density at radius 3 is 2.71 bits per heavy atom. The van der Waals surface area contributed by atoms with E-state index in [1.165, 1.54) is 13.8 Å². The SMILES string of the molecule is Cc1cc(=O)n(C(C)C(=O)NN)cc1[N+](=O)[O-]. The Balaban J connectivity index is 3.35. The summed E-state index contributed by atoms with van der Waals surface area (Å²) >= 11 is 0. The fourth-order valence-corrected chi connectivity index (χ4v) is 1.37. The summed E-state index contributed by atoms with van der Waals surface area (Å²) in [7, 11) is 0. The first-order valence-electron chi connectivity index (χ1n) is 4.76. The molecule has 8 nitrogen and oxygen atoms in total. The number of nitrogens with zero attached hydrogens (tertiary/aromatic N) is 2. The van der Waals surface area contributed by atoms with E-state index in [1.54, 1.807) is 0 Å². The third-order valence-corrected chi connectivity index (χ3v) is 2.40. The lowest BCUT2D eigenvalue weighted by atomic mass is 10.2. The summed E-state index contributed by atoms with van der Waals surface area (Å²) in [6.45, 7) is 2.88. The topological polar surface area (TPSA) is 120 Å². The molecule has 1 aromatic rings. The molecule has 3 N–H and O–H groups in total. The zero-order valence-corrected chi connectivity index (χ0v) is 9.34. The first kappa shape index (κ1) is 12.8. The van der Waals surface area contributed by atoms with Crippen LogP contribution in [0.4, 0.5) is 5.69 Å². The molecule has 0 aromatic carbocycles. The van der Waals surface area contributed by atoms with Gasteiger partial charge in [-0.05, 0) is 13.8 Å². The lowest BCUT2D eigenvalue weighted by Gasteiger charge is -2.13. The van der Waals surface area contributed by atoms with E-state index in [0.29, 0.717) is 0 Å². The minimum Gasteiger partial charge on any atom is -0.296 e. The van der Waals surface area contributed by atoms with Gasteiger partial charge in [0.2, 0.25) is 0 Å². The average molecular weight is 240 g/mol. The summed E-state index contributed by atoms with van der Waals surface area (Å²) in [5.41, 5.74) is 1.41. The Labute approximate surface area is 96.2 Å². The quantitative estimate of drug-likeness (QED) is 0.323. The molecule has 1 heterocycles. The zero-order valence-electron chi connectivity index (χ0n) is 9.34. The Bertz CT molecular complexity index is 522. The third kappa shape index (κ3) is 2.48. The Morgan fingerprint density at radius 1 is 1.65 bits per heavy atom. The van der Waals surface area contributed by atoms with Crippen molar-refractivity contribution < 1.29 is 9.72 Å². The molecule has 0 bridgehead atoms. The second-order valence-corrected chi connectivity index (χ2v) is 3.53. The second-order valence-electron chi connectivity index (χ2n) is 3.53. The van der Waals surface area contributed by atoms with Gasteiger partial charge in [0.1, 0.15) is 6.04 Å². The minimum atomic E-state index is -0.910. The standard InChI is InChI=1S/C9H12N4O4/c1-5-3-8(14)12(4-7(5)13(16)17)6(2)9(15)11-10/h3-4,6H,10H2,1-2H3,(H,11,15). The van der Waals surface area contributed by atoms with Crippen LogP contribution in [0.3, 0.4) is 0 Å². The van der Waals surface area contributed by atoms with E-state index in [1.807, 2.05) is 5.43 Å². The van der Waals surface area contributed by atoms with Crippen LogP contribution < -0.4 is 16.8 Å². The van der Waals surface area contributed by atoms with Crippen LogP contribution in [-0.4, -0.2) is 15.4 Å². The molecule has 1 rings (SSSR count). The smallest absolute Gasteiger partial charge is 0.288 e. The van der Waals surface area contributed by atoms with E-state index in [9.17, 15) is 19.7 Å². The summed E-state index contributed by atoms with van der Waals surface area (Å²) in [6, 6.07) is 0.199. The first-order valence-corrected chi connectivity index (χ1v) is 4.76. The van der Waals surface area contributed by atoms with Gasteiger partial charge in [0.05, 0.1) is 11.1 Å². The number of hydrazine groups is 1. The van der Waals surface area contributed by atoms with E-state index in [4.69, 9.17) is 5.84 Å². The summed E-state index contributed by atoms with van der Waals surface area (Å²) in [5, 5.41) is 10.7. The van der Waals surface area contributed by atoms with Crippen LogP contribution in [0.2, 0.25) is 0 Å². The number of carbonyl (C=O) groups excluding carboxylic acids is 1. The number of nitro groups is 1. The molecule has 0 saturated carbocycles. The molecule has 0 fully saturated rings. The highest BCUT2D eigenvalue weighted by atomic mass is 16.6. The zero-order chi connectivity index (χ0) is 13.2. The summed E-state index contributed by atoms with van der Waals surface area (Å²) in [5.74, 6) is 4.33. The van der Waals surface area contributed by atoms with Crippen LogP contribution >= 0.6 is 0 Å². The van der Waals surface area contributed by atoms with Crippen molar-refractivity contribution in [2.45, 2.75) is 19.9 Å². The monoisotopic (exact) mass is 240 g/mol. The van der Waals surface area contributed by atoms with Crippen LogP contribution in [0.15, 0.2) is 17.1 Å². The van der Waals surface area contributed by atoms with Crippen molar-refractivity contribution >= 4 is 11.6 Å². The highest BCUT2D eigenvalue weighted by molar-refractivity contribution is 5.79. The van der Waals surface area contributed by atoms with Crippen molar-refractivity contribution in [1.82, 2.24) is 9.99 Å². The van der Waals surface area contributed by atoms with Crippen molar-refractivity contribution in [3.05, 3.63) is 38.3 Å². The normalized spacial score (nSPS) is 11.9. The van der Waals surface area contributed by atoms with Gasteiger partial charge in [0, 0.05) is 11.6 Å². The van der Waals surface area contributed by atoms with Crippen LogP contribution in [0.1, 0.15) is 18.5 Å². The molecule has 1 amide bonds. The fourth-order valence-electron chi connectivity index (χ4n) is 1.37. The fraction of sp³-hybridized carbons (Fsp3) is 0.333. The molecule has 0 aliphatic rings. The van der Waals surface area contributed by atoms with E-state index in [2.05, 4.69) is 0 Å². The van der Waals surface area contributed by atoms with Crippen LogP contribution in [0.25, 0.3) is 0 Å². The number of aromatic nitrogens is 1. The van der Waals surface area contributed by atoms with E-state index >= 15 is 0 Å². The lowest BCUT2D eigenvalue weighted by molar-refractivity contribution is -0.386. The Kier molecular flexibility index (Phi) is 3.59. The molecule has 0 radical (unpaired) electrons. The van der Waals surface area contributed by atoms with E-state index in [-0.39, 0.29) is 11.3 Å². The molecule has 1 aromatic heterocycles. The van der Waals surface area contributed by atoms with Gasteiger partial charge in [-0.15, -0.1) is 0 Å². The predicted molar refractivity (Wildman–Crippen MR) is 59.1 cm³/mol. The molecular weight excluding hydrogens is 228 g/mol. The van der Waals surface area contributed by atoms with E-state index in [0.717, 1.165) is 16.8 Å². The molecule has 0 aliphatic carbocycles. The van der Waals surface area contributed by atoms with Gasteiger partial charge in [0.25, 0.3) is 17.2 Å². The third-order valence-electron chi connectivity index (χ3n) is 2.40. The van der Waals surface area contributed by atoms with Crippen molar-refractivity contribution in [1.29, 1.82) is 0 Å². The van der Waals surface area contributed by atoms with Gasteiger partial charge in [0.15, 0.2) is 0 Å². The van der Waals surface area contributed by atoms with Gasteiger partial charge in [-0.1, -0.05) is 0 Å². The maximum atomic E-state index is 11.6. The summed E-state index contributed by atoms with van der Waals surface area (Å²) in [4.78, 5) is 33.0. The number of rotatable bonds is 3. The predicted octanol–water partition coefficient (Wildman–Crippen LogP) is -0.384. The van der Waals surface area contributed by atoms with Crippen LogP contribution in [0, 0.1) is 17.0 Å². The number of nitrogens with one attached hydrogen (secondary N) is 1. The van der Waals surface area contributed by atoms with E-state index < -0.39 is 22.4 Å². The molecule has 92 valence electrons. The molecular formula is C9H12N4O4. The average Bonchev–Trinajstić information content (AvgIpc) is 2.26. The van der Waals surface area contributed by atoms with Crippen LogP contribution in [0.5, 0.6) is 0 Å². The molecule has 8 heteroatoms. The highest BCUT2D eigenvalue weighted by Crippen LogP contribution is 2.16. The van der Waals surface area contributed by atoms with Crippen molar-refractivity contribution in [3.8, 4) is 0 Å². The molecule has 1 atom stereocenters. The largest absolute Gasteiger partial charge is 0.296 e. The van der Waals surface area contributed by atoms with Gasteiger partial charge in [-0.25, -0.2) is 5.84 Å². The first-order chi connectivity index (χ1) is 7.88. The summed E-state index contributed by atoms with van der Waals surface area (Å²) < 4.78 is 0.966. The molecule has 0 aliphatic heterocycles. The number of pyridine rings is 1. The molecule has 0 spiro atoms. The number of aryl methyl sites for hydroxylation is 1. The van der Waals surface area contributed by atoms with Gasteiger partial charge in [-0.2, -0.15) is 0 Å². The maximum absolute atomic E-state index is 11.6. The number of hydrogen-bond acceptors (Lipinski definition) is 5. The number of hydrogen-bond donors (Lipinski definition) is 2. The minimum absolute atomic E-state index is 0.221. The molecule has 0 saturated heterocycles. The Hall–Kier alpha value is -2.22. The second kappa shape index (κ2) is 4.74. The Morgan fingerprint density at radius 2 is 2.24 bits per heavy atom. The number of carbonyl (C=O) groups is 1. The maximum Gasteiger partial charge on any atom is 0.288 e. The highest BCUT2D eigenvalue weighted by Gasteiger charge is 2.19. The molecule has 1 unspecified atom stereocenters. The molecule has 17 heavy (non-hydrogen) atoms. The number of amides is 1.